The van der Waals surface area contributed by atoms with Crippen molar-refractivity contribution >= 4 is 45.5 Å². The SMILES string of the molecule is CC(=O)Oc1ccc2ccc(OC(C)=O)c3c2c1CN1C(=O)N2Cc4c(C)ccc5ccc(C)c(c45)CN4C(=O)N(C3)C1(c1ccccc1)C24c1ccccc1. The van der Waals surface area contributed by atoms with Gasteiger partial charge in [-0.05, 0) is 69.8 Å². The maximum atomic E-state index is 16.0. The van der Waals surface area contributed by atoms with Crippen LogP contribution in [0.1, 0.15) is 58.4 Å². The van der Waals surface area contributed by atoms with Gasteiger partial charge in [-0.25, -0.2) is 9.59 Å². The van der Waals surface area contributed by atoms with Crippen LogP contribution in [0.25, 0.3) is 21.5 Å². The molecule has 10 heteroatoms. The maximum Gasteiger partial charge on any atom is 0.325 e. The molecule has 278 valence electrons. The summed E-state index contributed by atoms with van der Waals surface area (Å²) in [5.74, 6) is -0.461. The number of carbonyl (C=O) groups is 4. The lowest BCUT2D eigenvalue weighted by atomic mass is 9.77. The summed E-state index contributed by atoms with van der Waals surface area (Å²) in [6.45, 7) is 7.20. The van der Waals surface area contributed by atoms with Crippen molar-refractivity contribution in [2.24, 2.45) is 0 Å². The van der Waals surface area contributed by atoms with Crippen LogP contribution in [0.4, 0.5) is 9.59 Å². The minimum atomic E-state index is -1.50. The summed E-state index contributed by atoms with van der Waals surface area (Å²) in [6, 6.07) is 34.7. The lowest BCUT2D eigenvalue weighted by molar-refractivity contribution is -0.132. The molecule has 0 unspecified atom stereocenters. The fourth-order valence-corrected chi connectivity index (χ4v) is 10.1. The van der Waals surface area contributed by atoms with Gasteiger partial charge in [0.1, 0.15) is 11.5 Å². The zero-order chi connectivity index (χ0) is 38.7. The van der Waals surface area contributed by atoms with Gasteiger partial charge in [-0.15, -0.1) is 0 Å². The molecule has 2 fully saturated rings. The third-order valence-electron chi connectivity index (χ3n) is 12.3. The smallest absolute Gasteiger partial charge is 0.325 e. The van der Waals surface area contributed by atoms with Gasteiger partial charge in [-0.1, -0.05) is 97.1 Å². The van der Waals surface area contributed by atoms with Gasteiger partial charge in [0.15, 0.2) is 11.3 Å². The molecule has 0 aromatic heterocycles. The molecule has 56 heavy (non-hydrogen) atoms. The van der Waals surface area contributed by atoms with Crippen molar-refractivity contribution in [2.45, 2.75) is 65.2 Å². The lowest BCUT2D eigenvalue weighted by Crippen LogP contribution is -2.63. The first kappa shape index (κ1) is 33.9. The van der Waals surface area contributed by atoms with E-state index in [4.69, 9.17) is 9.47 Å². The number of rotatable bonds is 4. The zero-order valence-electron chi connectivity index (χ0n) is 31.5. The highest BCUT2D eigenvalue weighted by Gasteiger charge is 2.80. The maximum absolute atomic E-state index is 16.0. The molecular formula is C46H38N4O6. The summed E-state index contributed by atoms with van der Waals surface area (Å²) in [7, 11) is 0. The van der Waals surface area contributed by atoms with Gasteiger partial charge in [0, 0.05) is 36.1 Å². The standard InChI is InChI=1S/C46H38N4O6/c1-27-15-17-31-18-16-28(2)36-24-48-44(54)50-26-38-40(56-30(4)52)22-20-32-19-21-39(55-29(3)51)37(42(32)38)25-49-43(53)47(23-35(27)41(31)36)45(48,33-11-7-5-8-12-33)46(49,50)34-13-9-6-10-14-34/h5-22H,23-26H2,1-4H3. The first-order valence-electron chi connectivity index (χ1n) is 18.8. The fraction of sp³-hybridized carbons (Fsp3) is 0.217. The highest BCUT2D eigenvalue weighted by atomic mass is 16.5. The van der Waals surface area contributed by atoms with E-state index in [2.05, 4.69) is 38.1 Å². The van der Waals surface area contributed by atoms with E-state index in [1.807, 2.05) is 92.4 Å². The Morgan fingerprint density at radius 2 is 0.821 bits per heavy atom. The van der Waals surface area contributed by atoms with E-state index in [0.717, 1.165) is 49.5 Å². The minimum Gasteiger partial charge on any atom is -0.426 e. The van der Waals surface area contributed by atoms with E-state index < -0.39 is 23.3 Å². The molecule has 0 radical (unpaired) electrons. The summed E-state index contributed by atoms with van der Waals surface area (Å²) >= 11 is 0. The predicted molar refractivity (Wildman–Crippen MR) is 209 cm³/mol. The van der Waals surface area contributed by atoms with Crippen LogP contribution in [0.3, 0.4) is 0 Å². The quantitative estimate of drug-likeness (QED) is 0.133. The first-order chi connectivity index (χ1) is 27.1. The second-order valence-electron chi connectivity index (χ2n) is 15.2. The van der Waals surface area contributed by atoms with E-state index in [1.54, 1.807) is 12.1 Å². The van der Waals surface area contributed by atoms with Crippen molar-refractivity contribution < 1.29 is 28.7 Å². The van der Waals surface area contributed by atoms with Crippen molar-refractivity contribution in [2.75, 3.05) is 0 Å². The molecule has 2 saturated heterocycles. The van der Waals surface area contributed by atoms with Crippen molar-refractivity contribution in [3.05, 3.63) is 154 Å². The van der Waals surface area contributed by atoms with E-state index in [0.29, 0.717) is 16.5 Å². The van der Waals surface area contributed by atoms with Gasteiger partial charge in [0.25, 0.3) is 0 Å². The zero-order valence-corrected chi connectivity index (χ0v) is 31.5. The molecule has 0 atom stereocenters. The van der Waals surface area contributed by atoms with Crippen LogP contribution in [0, 0.1) is 13.8 Å². The van der Waals surface area contributed by atoms with E-state index in [-0.39, 0.29) is 49.7 Å². The van der Waals surface area contributed by atoms with Gasteiger partial charge in [-0.2, -0.15) is 0 Å². The molecule has 0 N–H and O–H groups in total. The van der Waals surface area contributed by atoms with Crippen LogP contribution < -0.4 is 9.47 Å². The third-order valence-corrected chi connectivity index (χ3v) is 12.3. The number of amides is 4. The van der Waals surface area contributed by atoms with Crippen molar-refractivity contribution in [3.8, 4) is 11.5 Å². The molecule has 4 aliphatic heterocycles. The molecular weight excluding hydrogens is 705 g/mol. The third kappa shape index (κ3) is 4.26. The van der Waals surface area contributed by atoms with Gasteiger partial charge >= 0.3 is 24.0 Å². The van der Waals surface area contributed by atoms with Crippen LogP contribution in [0.5, 0.6) is 11.5 Å². The molecule has 6 aromatic rings. The lowest BCUT2D eigenvalue weighted by Gasteiger charge is -2.51. The number of esters is 2. The Labute approximate surface area is 323 Å². The predicted octanol–water partition coefficient (Wildman–Crippen LogP) is 8.37. The topological polar surface area (TPSA) is 99.7 Å². The normalized spacial score (nSPS) is 20.8. The average Bonchev–Trinajstić information content (AvgIpc) is 3.50. The highest BCUT2D eigenvalue weighted by molar-refractivity contribution is 5.98. The van der Waals surface area contributed by atoms with Gasteiger partial charge in [-0.3, -0.25) is 29.2 Å². The molecule has 0 spiro atoms. The Morgan fingerprint density at radius 1 is 0.482 bits per heavy atom. The van der Waals surface area contributed by atoms with Crippen molar-refractivity contribution in [1.82, 2.24) is 19.6 Å². The number of ether oxygens (including phenoxy) is 2. The summed E-state index contributed by atoms with van der Waals surface area (Å²) in [5, 5.41) is 3.52. The molecule has 0 aliphatic carbocycles. The summed E-state index contributed by atoms with van der Waals surface area (Å²) < 4.78 is 11.8. The summed E-state index contributed by atoms with van der Waals surface area (Å²) in [5.41, 5.74) is 3.86. The largest absolute Gasteiger partial charge is 0.426 e. The second kappa shape index (κ2) is 11.9. The number of carbonyl (C=O) groups excluding carboxylic acids is 4. The molecule has 4 amide bonds. The number of nitrogens with zero attached hydrogens (tertiary/aromatic N) is 4. The van der Waals surface area contributed by atoms with Crippen molar-refractivity contribution in [3.63, 3.8) is 0 Å². The van der Waals surface area contributed by atoms with Gasteiger partial charge in [0.05, 0.1) is 26.2 Å². The van der Waals surface area contributed by atoms with Gasteiger partial charge < -0.3 is 9.47 Å². The molecule has 4 aliphatic rings. The van der Waals surface area contributed by atoms with E-state index >= 15 is 9.59 Å². The van der Waals surface area contributed by atoms with Crippen LogP contribution in [-0.4, -0.2) is 43.6 Å². The molecule has 10 rings (SSSR count). The minimum absolute atomic E-state index is 0.0396. The monoisotopic (exact) mass is 742 g/mol. The molecule has 0 bridgehead atoms. The Balaban J connectivity index is 1.38. The van der Waals surface area contributed by atoms with Crippen LogP contribution in [0.2, 0.25) is 0 Å². The number of hydrogen-bond acceptors (Lipinski definition) is 6. The first-order valence-corrected chi connectivity index (χ1v) is 18.8. The molecule has 4 heterocycles. The summed E-state index contributed by atoms with van der Waals surface area (Å²) in [6.07, 6.45) is 0. The second-order valence-corrected chi connectivity index (χ2v) is 15.2. The van der Waals surface area contributed by atoms with Crippen molar-refractivity contribution in [1.29, 1.82) is 0 Å². The Morgan fingerprint density at radius 3 is 1.20 bits per heavy atom. The molecule has 0 saturated carbocycles. The van der Waals surface area contributed by atoms with Crippen LogP contribution in [-0.2, 0) is 47.1 Å². The number of urea groups is 2. The number of hydrogen-bond donors (Lipinski definition) is 0. The highest BCUT2D eigenvalue weighted by Crippen LogP contribution is 2.65. The average molecular weight is 743 g/mol. The summed E-state index contributed by atoms with van der Waals surface area (Å²) in [4.78, 5) is 64.9. The molecule has 6 aromatic carbocycles. The Bertz CT molecular complexity index is 2580. The Kier molecular flexibility index (Phi) is 7.20. The molecule has 10 nitrogen and oxygen atoms in total. The van der Waals surface area contributed by atoms with Gasteiger partial charge in [0.2, 0.25) is 0 Å². The van der Waals surface area contributed by atoms with Crippen LogP contribution in [0.15, 0.2) is 109 Å². The Hall–Kier alpha value is -6.68. The van der Waals surface area contributed by atoms with E-state index in [9.17, 15) is 9.59 Å². The number of benzene rings is 6. The van der Waals surface area contributed by atoms with E-state index in [1.165, 1.54) is 13.8 Å². The fourth-order valence-electron chi connectivity index (χ4n) is 10.1. The number of aryl methyl sites for hydroxylation is 2. The van der Waals surface area contributed by atoms with Crippen LogP contribution >= 0.6 is 0 Å².